The van der Waals surface area contributed by atoms with Gasteiger partial charge in [0.25, 0.3) is 11.8 Å². The molecule has 0 spiro atoms. The van der Waals surface area contributed by atoms with Gasteiger partial charge < -0.3 is 10.6 Å². The molecule has 1 aromatic heterocycles. The second-order valence-corrected chi connectivity index (χ2v) is 7.44. The van der Waals surface area contributed by atoms with Crippen LogP contribution in [0.15, 0.2) is 53.3 Å². The zero-order chi connectivity index (χ0) is 22.4. The highest BCUT2D eigenvalue weighted by Crippen LogP contribution is 2.27. The molecule has 0 saturated heterocycles. The van der Waals surface area contributed by atoms with Gasteiger partial charge in [-0.2, -0.15) is 5.26 Å². The molecule has 0 aliphatic carbocycles. The minimum Gasteiger partial charge on any atom is -0.355 e. The Kier molecular flexibility index (Phi) is 7.72. The Labute approximate surface area is 187 Å². The number of hydrazine groups is 1. The van der Waals surface area contributed by atoms with Crippen LogP contribution in [0.5, 0.6) is 0 Å². The van der Waals surface area contributed by atoms with Crippen LogP contribution in [-0.4, -0.2) is 23.8 Å². The summed E-state index contributed by atoms with van der Waals surface area (Å²) in [5, 5.41) is 15.6. The number of aromatic nitrogens is 1. The maximum Gasteiger partial charge on any atom is 0.273 e. The van der Waals surface area contributed by atoms with Crippen LogP contribution < -0.4 is 21.5 Å². The number of nitrogens with two attached hydrogens (primary N) is 1. The second kappa shape index (κ2) is 10.0. The van der Waals surface area contributed by atoms with Crippen molar-refractivity contribution < 1.29 is 9.59 Å². The van der Waals surface area contributed by atoms with Crippen molar-refractivity contribution in [1.29, 1.82) is 5.26 Å². The van der Waals surface area contributed by atoms with Crippen molar-refractivity contribution in [3.8, 4) is 6.07 Å². The molecule has 0 aliphatic heterocycles. The van der Waals surface area contributed by atoms with E-state index in [2.05, 4.69) is 38.1 Å². The van der Waals surface area contributed by atoms with E-state index >= 15 is 0 Å². The average Bonchev–Trinajstić information content (AvgIpc) is 2.72. The summed E-state index contributed by atoms with van der Waals surface area (Å²) in [5.74, 6) is 5.17. The van der Waals surface area contributed by atoms with Gasteiger partial charge in [-0.1, -0.05) is 34.1 Å². The number of hydrogen-bond acceptors (Lipinski definition) is 6. The van der Waals surface area contributed by atoms with Gasteiger partial charge in [0.15, 0.2) is 5.82 Å². The van der Waals surface area contributed by atoms with E-state index in [-0.39, 0.29) is 33.4 Å². The summed E-state index contributed by atoms with van der Waals surface area (Å²) in [6, 6.07) is 8.15. The normalized spacial score (nSPS) is 10.7. The number of rotatable bonds is 6. The van der Waals surface area contributed by atoms with Crippen molar-refractivity contribution in [3.05, 3.63) is 75.0 Å². The first-order chi connectivity index (χ1) is 14.2. The van der Waals surface area contributed by atoms with Gasteiger partial charge in [-0.3, -0.25) is 14.6 Å². The molecule has 8 nitrogen and oxygen atoms in total. The third-order valence-electron chi connectivity index (χ3n) is 3.93. The molecule has 154 valence electrons. The standard InChI is InChI=1S/C20H18BrClN6O2/c1-11-7-13(10-23)9-14(19(29)25-3)17(11)27-20(30)16(8-12(2)21)28(24)18-15(22)5-4-6-26-18/h4-9H,2,24H2,1,3H3,(H,25,29)(H,27,30)/b16-8-. The molecule has 0 atom stereocenters. The molecule has 2 rings (SSSR count). The van der Waals surface area contributed by atoms with E-state index < -0.39 is 11.8 Å². The fourth-order valence-corrected chi connectivity index (χ4v) is 3.00. The molecule has 0 radical (unpaired) electrons. The van der Waals surface area contributed by atoms with E-state index in [0.717, 1.165) is 5.01 Å². The molecule has 0 bridgehead atoms. The maximum atomic E-state index is 13.1. The van der Waals surface area contributed by atoms with Crippen LogP contribution in [0.2, 0.25) is 5.02 Å². The van der Waals surface area contributed by atoms with Crippen LogP contribution in [0.1, 0.15) is 21.5 Å². The Morgan fingerprint density at radius 1 is 1.43 bits per heavy atom. The molecule has 0 unspecified atom stereocenters. The molecule has 1 heterocycles. The molecular formula is C20H18BrClN6O2. The molecule has 0 saturated carbocycles. The van der Waals surface area contributed by atoms with Crippen molar-refractivity contribution >= 4 is 50.9 Å². The molecule has 1 aromatic carbocycles. The summed E-state index contributed by atoms with van der Waals surface area (Å²) in [5.41, 5.74) is 1.15. The Balaban J connectivity index is 2.52. The first-order valence-corrected chi connectivity index (χ1v) is 9.66. The predicted octanol–water partition coefficient (Wildman–Crippen LogP) is 3.39. The Morgan fingerprint density at radius 3 is 2.70 bits per heavy atom. The fourth-order valence-electron chi connectivity index (χ4n) is 2.57. The van der Waals surface area contributed by atoms with E-state index in [1.54, 1.807) is 25.1 Å². The van der Waals surface area contributed by atoms with Crippen molar-refractivity contribution in [2.45, 2.75) is 6.92 Å². The van der Waals surface area contributed by atoms with Crippen molar-refractivity contribution in [2.24, 2.45) is 5.84 Å². The van der Waals surface area contributed by atoms with E-state index in [1.165, 1.54) is 25.4 Å². The number of aryl methyl sites for hydroxylation is 1. The van der Waals surface area contributed by atoms with Crippen LogP contribution in [0.25, 0.3) is 0 Å². The summed E-state index contributed by atoms with van der Waals surface area (Å²) in [6.07, 6.45) is 2.87. The topological polar surface area (TPSA) is 124 Å². The lowest BCUT2D eigenvalue weighted by molar-refractivity contribution is -0.112. The van der Waals surface area contributed by atoms with Crippen LogP contribution in [0, 0.1) is 18.3 Å². The number of anilines is 2. The van der Waals surface area contributed by atoms with Gasteiger partial charge in [0.2, 0.25) is 0 Å². The summed E-state index contributed by atoms with van der Waals surface area (Å²) in [7, 11) is 1.45. The molecular weight excluding hydrogens is 472 g/mol. The summed E-state index contributed by atoms with van der Waals surface area (Å²) in [4.78, 5) is 29.5. The number of nitrogens with one attached hydrogen (secondary N) is 2. The predicted molar refractivity (Wildman–Crippen MR) is 120 cm³/mol. The average molecular weight is 490 g/mol. The van der Waals surface area contributed by atoms with Gasteiger partial charge in [-0.15, -0.1) is 0 Å². The number of carbonyl (C=O) groups is 2. The highest BCUT2D eigenvalue weighted by atomic mass is 79.9. The summed E-state index contributed by atoms with van der Waals surface area (Å²) < 4.78 is 0.373. The highest BCUT2D eigenvalue weighted by Gasteiger charge is 2.23. The van der Waals surface area contributed by atoms with Gasteiger partial charge in [0.05, 0.1) is 27.9 Å². The molecule has 0 aliphatic rings. The quantitative estimate of drug-likeness (QED) is 0.247. The molecule has 0 fully saturated rings. The largest absolute Gasteiger partial charge is 0.355 e. The lowest BCUT2D eigenvalue weighted by Gasteiger charge is -2.22. The maximum absolute atomic E-state index is 13.1. The lowest BCUT2D eigenvalue weighted by atomic mass is 10.0. The third kappa shape index (κ3) is 5.24. The SMILES string of the molecule is C=C(Br)/C=C(/C(=O)Nc1c(C)cc(C#N)cc1C(=O)NC)N(N)c1ncccc1Cl. The fraction of sp³-hybridized carbons (Fsp3) is 0.100. The molecule has 4 N–H and O–H groups in total. The van der Waals surface area contributed by atoms with Gasteiger partial charge in [-0.05, 0) is 42.8 Å². The number of amides is 2. The Morgan fingerprint density at radius 2 is 2.13 bits per heavy atom. The number of halogens is 2. The minimum atomic E-state index is -0.641. The number of benzene rings is 1. The summed E-state index contributed by atoms with van der Waals surface area (Å²) >= 11 is 9.33. The molecule has 2 aromatic rings. The van der Waals surface area contributed by atoms with E-state index in [9.17, 15) is 14.9 Å². The number of carbonyl (C=O) groups excluding carboxylic acids is 2. The molecule has 2 amide bonds. The highest BCUT2D eigenvalue weighted by molar-refractivity contribution is 9.11. The van der Waals surface area contributed by atoms with Crippen molar-refractivity contribution in [2.75, 3.05) is 17.4 Å². The number of allylic oxidation sites excluding steroid dienone is 2. The smallest absolute Gasteiger partial charge is 0.273 e. The van der Waals surface area contributed by atoms with Gasteiger partial charge in [0.1, 0.15) is 5.70 Å². The lowest BCUT2D eigenvalue weighted by Crippen LogP contribution is -2.37. The zero-order valence-electron chi connectivity index (χ0n) is 16.2. The zero-order valence-corrected chi connectivity index (χ0v) is 18.5. The monoisotopic (exact) mass is 488 g/mol. The Hall–Kier alpha value is -3.19. The van der Waals surface area contributed by atoms with Crippen molar-refractivity contribution in [1.82, 2.24) is 10.3 Å². The Bertz CT molecular complexity index is 1090. The van der Waals surface area contributed by atoms with Gasteiger partial charge in [0, 0.05) is 17.7 Å². The number of nitrogens with zero attached hydrogens (tertiary/aromatic N) is 3. The van der Waals surface area contributed by atoms with E-state index in [4.69, 9.17) is 17.4 Å². The summed E-state index contributed by atoms with van der Waals surface area (Å²) in [6.45, 7) is 5.38. The van der Waals surface area contributed by atoms with Crippen LogP contribution in [0.3, 0.4) is 0 Å². The van der Waals surface area contributed by atoms with Crippen LogP contribution >= 0.6 is 27.5 Å². The number of pyridine rings is 1. The number of nitriles is 1. The third-order valence-corrected chi connectivity index (χ3v) is 4.45. The van der Waals surface area contributed by atoms with Gasteiger partial charge in [-0.25, -0.2) is 10.8 Å². The molecule has 30 heavy (non-hydrogen) atoms. The first kappa shape index (κ1) is 23.1. The number of hydrogen-bond donors (Lipinski definition) is 3. The van der Waals surface area contributed by atoms with E-state index in [0.29, 0.717) is 10.0 Å². The molecule has 10 heteroatoms. The van der Waals surface area contributed by atoms with Crippen LogP contribution in [0.4, 0.5) is 11.5 Å². The second-order valence-electron chi connectivity index (χ2n) is 6.02. The van der Waals surface area contributed by atoms with Gasteiger partial charge >= 0.3 is 0 Å². The minimum absolute atomic E-state index is 0.0379. The van der Waals surface area contributed by atoms with Crippen molar-refractivity contribution in [3.63, 3.8) is 0 Å². The van der Waals surface area contributed by atoms with Crippen LogP contribution in [-0.2, 0) is 4.79 Å². The first-order valence-electron chi connectivity index (χ1n) is 8.49. The van der Waals surface area contributed by atoms with E-state index in [1.807, 2.05) is 6.07 Å².